The van der Waals surface area contributed by atoms with Crippen LogP contribution >= 0.6 is 11.3 Å². The molecule has 7 heteroatoms. The lowest BCUT2D eigenvalue weighted by Crippen LogP contribution is -2.46. The van der Waals surface area contributed by atoms with E-state index in [1.54, 1.807) is 5.38 Å². The van der Waals surface area contributed by atoms with Crippen LogP contribution in [0.4, 0.5) is 0 Å². The number of hydrogen-bond donors (Lipinski definition) is 2. The SMILES string of the molecule is CC(C)(C)N(CCC(=O)O)C(=O)c1csc(CN)n1. The Labute approximate surface area is 116 Å². The Hall–Kier alpha value is -1.47. The van der Waals surface area contributed by atoms with Crippen molar-refractivity contribution >= 4 is 23.2 Å². The highest BCUT2D eigenvalue weighted by molar-refractivity contribution is 7.09. The van der Waals surface area contributed by atoms with Crippen molar-refractivity contribution in [3.63, 3.8) is 0 Å². The fourth-order valence-corrected chi connectivity index (χ4v) is 2.24. The number of rotatable bonds is 5. The number of thiazole rings is 1. The molecule has 106 valence electrons. The summed E-state index contributed by atoms with van der Waals surface area (Å²) >= 11 is 1.33. The summed E-state index contributed by atoms with van der Waals surface area (Å²) in [6.45, 7) is 6.05. The Morgan fingerprint density at radius 1 is 1.47 bits per heavy atom. The van der Waals surface area contributed by atoms with Gasteiger partial charge in [-0.2, -0.15) is 0 Å². The summed E-state index contributed by atoms with van der Waals surface area (Å²) in [7, 11) is 0. The van der Waals surface area contributed by atoms with E-state index in [2.05, 4.69) is 4.98 Å². The maximum absolute atomic E-state index is 12.4. The molecule has 0 aliphatic carbocycles. The quantitative estimate of drug-likeness (QED) is 0.850. The van der Waals surface area contributed by atoms with Crippen LogP contribution < -0.4 is 5.73 Å². The number of carbonyl (C=O) groups excluding carboxylic acids is 1. The van der Waals surface area contributed by atoms with Gasteiger partial charge in [0.2, 0.25) is 0 Å². The van der Waals surface area contributed by atoms with Gasteiger partial charge in [0, 0.05) is 24.0 Å². The summed E-state index contributed by atoms with van der Waals surface area (Å²) < 4.78 is 0. The molecule has 1 heterocycles. The summed E-state index contributed by atoms with van der Waals surface area (Å²) in [6.07, 6.45) is -0.0864. The standard InChI is InChI=1S/C12H19N3O3S/c1-12(2,3)15(5-4-10(16)17)11(18)8-7-19-9(6-13)14-8/h7H,4-6,13H2,1-3H3,(H,16,17). The highest BCUT2D eigenvalue weighted by Gasteiger charge is 2.29. The van der Waals surface area contributed by atoms with Crippen molar-refractivity contribution in [3.05, 3.63) is 16.1 Å². The number of nitrogens with two attached hydrogens (primary N) is 1. The second-order valence-corrected chi connectivity index (χ2v) is 6.04. The van der Waals surface area contributed by atoms with Crippen molar-refractivity contribution in [3.8, 4) is 0 Å². The minimum atomic E-state index is -0.928. The predicted octanol–water partition coefficient (Wildman–Crippen LogP) is 1.32. The van der Waals surface area contributed by atoms with Crippen LogP contribution in [-0.2, 0) is 11.3 Å². The number of nitrogens with zero attached hydrogens (tertiary/aromatic N) is 2. The van der Waals surface area contributed by atoms with Gasteiger partial charge in [0.25, 0.3) is 5.91 Å². The highest BCUT2D eigenvalue weighted by atomic mass is 32.1. The number of amides is 1. The number of carboxylic acids is 1. The molecule has 1 aromatic rings. The van der Waals surface area contributed by atoms with Crippen LogP contribution in [0.2, 0.25) is 0 Å². The monoisotopic (exact) mass is 285 g/mol. The molecule has 0 aromatic carbocycles. The number of carboxylic acid groups (broad SMARTS) is 1. The van der Waals surface area contributed by atoms with Gasteiger partial charge in [-0.05, 0) is 20.8 Å². The van der Waals surface area contributed by atoms with Crippen molar-refractivity contribution in [2.75, 3.05) is 6.54 Å². The smallest absolute Gasteiger partial charge is 0.305 e. The minimum Gasteiger partial charge on any atom is -0.481 e. The fraction of sp³-hybridized carbons (Fsp3) is 0.583. The van der Waals surface area contributed by atoms with Gasteiger partial charge < -0.3 is 15.7 Å². The Kier molecular flexibility index (Phi) is 5.02. The van der Waals surface area contributed by atoms with Crippen LogP contribution in [0.1, 0.15) is 42.7 Å². The van der Waals surface area contributed by atoms with Gasteiger partial charge >= 0.3 is 5.97 Å². The van der Waals surface area contributed by atoms with Gasteiger partial charge in [0.15, 0.2) is 0 Å². The Balaban J connectivity index is 2.90. The average molecular weight is 285 g/mol. The van der Waals surface area contributed by atoms with E-state index in [4.69, 9.17) is 10.8 Å². The average Bonchev–Trinajstić information content (AvgIpc) is 2.75. The predicted molar refractivity (Wildman–Crippen MR) is 73.0 cm³/mol. The summed E-state index contributed by atoms with van der Waals surface area (Å²) in [4.78, 5) is 28.7. The van der Waals surface area contributed by atoms with Crippen molar-refractivity contribution in [2.45, 2.75) is 39.3 Å². The van der Waals surface area contributed by atoms with E-state index < -0.39 is 11.5 Å². The van der Waals surface area contributed by atoms with Crippen molar-refractivity contribution in [2.24, 2.45) is 5.73 Å². The van der Waals surface area contributed by atoms with Crippen LogP contribution in [-0.4, -0.2) is 39.0 Å². The van der Waals surface area contributed by atoms with Gasteiger partial charge in [-0.15, -0.1) is 11.3 Å². The third kappa shape index (κ3) is 4.29. The molecule has 1 aromatic heterocycles. The molecule has 0 unspecified atom stereocenters. The summed E-state index contributed by atoms with van der Waals surface area (Å²) in [5.74, 6) is -1.19. The molecule has 3 N–H and O–H groups in total. The van der Waals surface area contributed by atoms with E-state index in [1.807, 2.05) is 20.8 Å². The molecule has 0 saturated heterocycles. The number of carbonyl (C=O) groups is 2. The van der Waals surface area contributed by atoms with Crippen LogP contribution in [0.15, 0.2) is 5.38 Å². The minimum absolute atomic E-state index is 0.0864. The topological polar surface area (TPSA) is 96.5 Å². The van der Waals surface area contributed by atoms with E-state index >= 15 is 0 Å². The Morgan fingerprint density at radius 2 is 2.11 bits per heavy atom. The molecule has 1 amide bonds. The van der Waals surface area contributed by atoms with Crippen LogP contribution in [0.25, 0.3) is 0 Å². The zero-order valence-corrected chi connectivity index (χ0v) is 12.2. The molecule has 0 spiro atoms. The molecular formula is C12H19N3O3S. The highest BCUT2D eigenvalue weighted by Crippen LogP contribution is 2.19. The molecular weight excluding hydrogens is 266 g/mol. The summed E-state index contributed by atoms with van der Waals surface area (Å²) in [6, 6.07) is 0. The molecule has 6 nitrogen and oxygen atoms in total. The van der Waals surface area contributed by atoms with E-state index in [-0.39, 0.29) is 18.9 Å². The lowest BCUT2D eigenvalue weighted by molar-refractivity contribution is -0.137. The second-order valence-electron chi connectivity index (χ2n) is 5.10. The van der Waals surface area contributed by atoms with Gasteiger partial charge in [-0.1, -0.05) is 0 Å². The Bertz CT molecular complexity index is 465. The number of aromatic nitrogens is 1. The molecule has 0 aliphatic heterocycles. The molecule has 0 aliphatic rings. The molecule has 0 radical (unpaired) electrons. The van der Waals surface area contributed by atoms with Crippen LogP contribution in [0, 0.1) is 0 Å². The fourth-order valence-electron chi connectivity index (χ4n) is 1.59. The van der Waals surface area contributed by atoms with E-state index in [0.29, 0.717) is 17.2 Å². The maximum Gasteiger partial charge on any atom is 0.305 e. The molecule has 0 bridgehead atoms. The molecule has 19 heavy (non-hydrogen) atoms. The van der Waals surface area contributed by atoms with E-state index in [9.17, 15) is 9.59 Å². The second kappa shape index (κ2) is 6.12. The largest absolute Gasteiger partial charge is 0.481 e. The lowest BCUT2D eigenvalue weighted by Gasteiger charge is -2.35. The first kappa shape index (κ1) is 15.6. The van der Waals surface area contributed by atoms with Gasteiger partial charge in [-0.25, -0.2) is 4.98 Å². The first-order valence-corrected chi connectivity index (χ1v) is 6.82. The lowest BCUT2D eigenvalue weighted by atomic mass is 10.0. The molecule has 0 saturated carbocycles. The number of aliphatic carboxylic acids is 1. The molecule has 0 atom stereocenters. The normalized spacial score (nSPS) is 11.4. The number of hydrogen-bond acceptors (Lipinski definition) is 5. The first-order valence-electron chi connectivity index (χ1n) is 5.94. The van der Waals surface area contributed by atoms with Crippen molar-refractivity contribution in [1.82, 2.24) is 9.88 Å². The Morgan fingerprint density at radius 3 is 2.53 bits per heavy atom. The van der Waals surface area contributed by atoms with E-state index in [1.165, 1.54) is 16.2 Å². The van der Waals surface area contributed by atoms with Crippen LogP contribution in [0.5, 0.6) is 0 Å². The van der Waals surface area contributed by atoms with Crippen LogP contribution in [0.3, 0.4) is 0 Å². The third-order valence-corrected chi connectivity index (χ3v) is 3.42. The van der Waals surface area contributed by atoms with Gasteiger partial charge in [0.05, 0.1) is 6.42 Å². The zero-order valence-electron chi connectivity index (χ0n) is 11.3. The van der Waals surface area contributed by atoms with Gasteiger partial charge in [-0.3, -0.25) is 9.59 Å². The van der Waals surface area contributed by atoms with Crippen molar-refractivity contribution < 1.29 is 14.7 Å². The van der Waals surface area contributed by atoms with Crippen molar-refractivity contribution in [1.29, 1.82) is 0 Å². The molecule has 1 rings (SSSR count). The first-order chi connectivity index (χ1) is 8.75. The maximum atomic E-state index is 12.4. The molecule has 0 fully saturated rings. The summed E-state index contributed by atoms with van der Waals surface area (Å²) in [5.41, 5.74) is 5.33. The zero-order chi connectivity index (χ0) is 14.6. The van der Waals surface area contributed by atoms with Gasteiger partial charge in [0.1, 0.15) is 10.7 Å². The van der Waals surface area contributed by atoms with E-state index in [0.717, 1.165) is 0 Å². The third-order valence-electron chi connectivity index (χ3n) is 2.55. The summed E-state index contributed by atoms with van der Waals surface area (Å²) in [5, 5.41) is 11.1.